The summed E-state index contributed by atoms with van der Waals surface area (Å²) in [5, 5.41) is 0. The monoisotopic (exact) mass is 387 g/mol. The first-order valence-corrected chi connectivity index (χ1v) is 10.3. The molecule has 3 nitrogen and oxygen atoms in total. The first-order valence-electron chi connectivity index (χ1n) is 10.3. The summed E-state index contributed by atoms with van der Waals surface area (Å²) in [4.78, 5) is 2.65. The van der Waals surface area contributed by atoms with Gasteiger partial charge >= 0.3 is 0 Å². The van der Waals surface area contributed by atoms with Gasteiger partial charge in [0.25, 0.3) is 0 Å². The molecule has 0 aromatic heterocycles. The van der Waals surface area contributed by atoms with Crippen molar-refractivity contribution in [2.45, 2.75) is 31.8 Å². The molecule has 0 aliphatic carbocycles. The molecule has 2 atom stereocenters. The number of hydrogen-bond donors (Lipinski definition) is 0. The molecule has 0 saturated heterocycles. The van der Waals surface area contributed by atoms with E-state index in [0.29, 0.717) is 12.1 Å². The Morgan fingerprint density at radius 3 is 2.38 bits per heavy atom. The van der Waals surface area contributed by atoms with Gasteiger partial charge in [0.2, 0.25) is 0 Å². The fourth-order valence-corrected chi connectivity index (χ4v) is 4.52. The maximum Gasteiger partial charge on any atom is 0.160 e. The minimum Gasteiger partial charge on any atom is -0.493 e. The van der Waals surface area contributed by atoms with Crippen molar-refractivity contribution in [2.75, 3.05) is 20.8 Å². The number of fused-ring (bicyclic) bond motifs is 1. The van der Waals surface area contributed by atoms with Gasteiger partial charge in [-0.15, -0.1) is 0 Å². The molecular formula is C26H29NO2. The van der Waals surface area contributed by atoms with Crippen molar-refractivity contribution in [1.82, 2.24) is 4.90 Å². The summed E-state index contributed by atoms with van der Waals surface area (Å²) < 4.78 is 11.0. The molecular weight excluding hydrogens is 358 g/mol. The Labute approximate surface area is 173 Å². The second-order valence-corrected chi connectivity index (χ2v) is 7.68. The van der Waals surface area contributed by atoms with Gasteiger partial charge in [-0.2, -0.15) is 0 Å². The van der Waals surface area contributed by atoms with Gasteiger partial charge in [-0.05, 0) is 54.2 Å². The van der Waals surface area contributed by atoms with Crippen LogP contribution in [0.15, 0.2) is 72.8 Å². The molecule has 0 bridgehead atoms. The average molecular weight is 388 g/mol. The summed E-state index contributed by atoms with van der Waals surface area (Å²) >= 11 is 0. The normalized spacial score (nSPS) is 17.4. The lowest BCUT2D eigenvalue weighted by Gasteiger charge is -2.41. The number of methoxy groups -OCH3 is 2. The third-order valence-corrected chi connectivity index (χ3v) is 6.11. The van der Waals surface area contributed by atoms with Crippen LogP contribution in [0.3, 0.4) is 0 Å². The van der Waals surface area contributed by atoms with Crippen molar-refractivity contribution in [3.63, 3.8) is 0 Å². The van der Waals surface area contributed by atoms with Crippen molar-refractivity contribution in [1.29, 1.82) is 0 Å². The average Bonchev–Trinajstić information content (AvgIpc) is 2.79. The number of benzene rings is 3. The Hall–Kier alpha value is -2.78. The number of nitrogens with zero attached hydrogens (tertiary/aromatic N) is 1. The standard InChI is InChI=1S/C26H29NO2/c1-19(21-9-5-4-6-10-21)27-16-15-22-11-7-8-12-23(22)24(27)17-20-13-14-25(28-2)26(18-20)29-3/h4-14,18-19,24H,15-17H2,1-3H3/t19-,24+/m1/s1. The van der Waals surface area contributed by atoms with Crippen LogP contribution in [0.2, 0.25) is 0 Å². The molecule has 3 heteroatoms. The Balaban J connectivity index is 1.70. The first-order chi connectivity index (χ1) is 14.2. The maximum absolute atomic E-state index is 5.54. The zero-order chi connectivity index (χ0) is 20.2. The summed E-state index contributed by atoms with van der Waals surface area (Å²) in [6, 6.07) is 26.7. The predicted octanol–water partition coefficient (Wildman–Crippen LogP) is 5.61. The van der Waals surface area contributed by atoms with E-state index >= 15 is 0 Å². The van der Waals surface area contributed by atoms with Crippen LogP contribution in [0.4, 0.5) is 0 Å². The highest BCUT2D eigenvalue weighted by Gasteiger charge is 2.31. The van der Waals surface area contributed by atoms with Gasteiger partial charge in [-0.25, -0.2) is 0 Å². The van der Waals surface area contributed by atoms with Gasteiger partial charge in [-0.3, -0.25) is 4.90 Å². The molecule has 0 unspecified atom stereocenters. The smallest absolute Gasteiger partial charge is 0.160 e. The van der Waals surface area contributed by atoms with Gasteiger partial charge in [0.1, 0.15) is 0 Å². The molecule has 3 aromatic rings. The van der Waals surface area contributed by atoms with Gasteiger partial charge in [0, 0.05) is 18.6 Å². The maximum atomic E-state index is 5.54. The molecule has 4 rings (SSSR count). The lowest BCUT2D eigenvalue weighted by Crippen LogP contribution is -2.38. The van der Waals surface area contributed by atoms with E-state index in [-0.39, 0.29) is 0 Å². The zero-order valence-electron chi connectivity index (χ0n) is 17.5. The summed E-state index contributed by atoms with van der Waals surface area (Å²) in [5.41, 5.74) is 5.53. The molecule has 0 radical (unpaired) electrons. The van der Waals surface area contributed by atoms with Crippen LogP contribution in [0, 0.1) is 0 Å². The van der Waals surface area contributed by atoms with Crippen LogP contribution in [0.5, 0.6) is 11.5 Å². The first kappa shape index (κ1) is 19.5. The molecule has 0 fully saturated rings. The van der Waals surface area contributed by atoms with Crippen molar-refractivity contribution >= 4 is 0 Å². The van der Waals surface area contributed by atoms with Crippen LogP contribution in [0.1, 0.15) is 41.3 Å². The van der Waals surface area contributed by atoms with Gasteiger partial charge in [-0.1, -0.05) is 60.7 Å². The predicted molar refractivity (Wildman–Crippen MR) is 118 cm³/mol. The van der Waals surface area contributed by atoms with Crippen LogP contribution in [-0.4, -0.2) is 25.7 Å². The highest BCUT2D eigenvalue weighted by Crippen LogP contribution is 2.39. The number of ether oxygens (including phenoxy) is 2. The van der Waals surface area contributed by atoms with Crippen LogP contribution >= 0.6 is 0 Å². The Bertz CT molecular complexity index is 954. The third kappa shape index (κ3) is 4.01. The van der Waals surface area contributed by atoms with E-state index < -0.39 is 0 Å². The van der Waals surface area contributed by atoms with E-state index in [2.05, 4.69) is 78.6 Å². The molecule has 0 saturated carbocycles. The molecule has 1 aliphatic heterocycles. The fourth-order valence-electron chi connectivity index (χ4n) is 4.52. The van der Waals surface area contributed by atoms with Crippen molar-refractivity contribution in [3.8, 4) is 11.5 Å². The van der Waals surface area contributed by atoms with Crippen molar-refractivity contribution in [3.05, 3.63) is 95.1 Å². The third-order valence-electron chi connectivity index (χ3n) is 6.11. The van der Waals surface area contributed by atoms with Crippen LogP contribution in [-0.2, 0) is 12.8 Å². The molecule has 3 aromatic carbocycles. The summed E-state index contributed by atoms with van der Waals surface area (Å²) in [5.74, 6) is 1.56. The number of hydrogen-bond acceptors (Lipinski definition) is 3. The topological polar surface area (TPSA) is 21.7 Å². The largest absolute Gasteiger partial charge is 0.493 e. The second-order valence-electron chi connectivity index (χ2n) is 7.68. The van der Waals surface area contributed by atoms with Crippen LogP contribution < -0.4 is 9.47 Å². The van der Waals surface area contributed by atoms with Crippen LogP contribution in [0.25, 0.3) is 0 Å². The van der Waals surface area contributed by atoms with E-state index in [1.807, 2.05) is 6.07 Å². The zero-order valence-corrected chi connectivity index (χ0v) is 17.5. The van der Waals surface area contributed by atoms with Gasteiger partial charge in [0.15, 0.2) is 11.5 Å². The van der Waals surface area contributed by atoms with E-state index in [0.717, 1.165) is 30.9 Å². The van der Waals surface area contributed by atoms with Crippen molar-refractivity contribution in [2.24, 2.45) is 0 Å². The minimum absolute atomic E-state index is 0.327. The minimum atomic E-state index is 0.327. The molecule has 1 aliphatic rings. The van der Waals surface area contributed by atoms with E-state index in [9.17, 15) is 0 Å². The molecule has 0 amide bonds. The lowest BCUT2D eigenvalue weighted by molar-refractivity contribution is 0.132. The molecule has 0 N–H and O–H groups in total. The van der Waals surface area contributed by atoms with Gasteiger partial charge in [0.05, 0.1) is 14.2 Å². The van der Waals surface area contributed by atoms with E-state index in [1.165, 1.54) is 22.3 Å². The Kier molecular flexibility index (Phi) is 5.86. The summed E-state index contributed by atoms with van der Waals surface area (Å²) in [6.07, 6.45) is 2.03. The molecule has 150 valence electrons. The SMILES string of the molecule is COc1ccc(C[C@H]2c3ccccc3CCN2[C@H](C)c2ccccc2)cc1OC. The lowest BCUT2D eigenvalue weighted by atomic mass is 9.87. The summed E-state index contributed by atoms with van der Waals surface area (Å²) in [7, 11) is 3.37. The van der Waals surface area contributed by atoms with Gasteiger partial charge < -0.3 is 9.47 Å². The molecule has 29 heavy (non-hydrogen) atoms. The highest BCUT2D eigenvalue weighted by atomic mass is 16.5. The Morgan fingerprint density at radius 1 is 0.897 bits per heavy atom. The van der Waals surface area contributed by atoms with E-state index in [4.69, 9.17) is 9.47 Å². The quantitative estimate of drug-likeness (QED) is 0.549. The van der Waals surface area contributed by atoms with E-state index in [1.54, 1.807) is 14.2 Å². The Morgan fingerprint density at radius 2 is 1.62 bits per heavy atom. The second kappa shape index (κ2) is 8.71. The molecule has 0 spiro atoms. The summed E-state index contributed by atoms with van der Waals surface area (Å²) in [6.45, 7) is 3.38. The number of rotatable bonds is 6. The molecule has 1 heterocycles. The highest BCUT2D eigenvalue weighted by molar-refractivity contribution is 5.44. The van der Waals surface area contributed by atoms with Crippen molar-refractivity contribution < 1.29 is 9.47 Å². The fraction of sp³-hybridized carbons (Fsp3) is 0.308.